The number of halogens is 3. The Morgan fingerprint density at radius 2 is 2.16 bits per heavy atom. The number of rotatable bonds is 3. The zero-order chi connectivity index (χ0) is 13.4. The first-order valence-electron chi connectivity index (χ1n) is 5.62. The van der Waals surface area contributed by atoms with Gasteiger partial charge in [0.15, 0.2) is 0 Å². The van der Waals surface area contributed by atoms with Crippen LogP contribution in [0.25, 0.3) is 11.0 Å². The van der Waals surface area contributed by atoms with Gasteiger partial charge in [0.2, 0.25) is 0 Å². The second-order valence-corrected chi connectivity index (χ2v) is 6.90. The van der Waals surface area contributed by atoms with Gasteiger partial charge in [0, 0.05) is 4.88 Å². The molecule has 2 heterocycles. The van der Waals surface area contributed by atoms with Crippen LogP contribution in [0.3, 0.4) is 0 Å². The van der Waals surface area contributed by atoms with Gasteiger partial charge in [-0.1, -0.05) is 0 Å². The van der Waals surface area contributed by atoms with E-state index >= 15 is 0 Å². The normalized spacial score (nSPS) is 11.3. The molecule has 0 N–H and O–H groups in total. The van der Waals surface area contributed by atoms with E-state index in [-0.39, 0.29) is 5.82 Å². The molecule has 0 radical (unpaired) electrons. The Morgan fingerprint density at radius 3 is 2.84 bits per heavy atom. The lowest BCUT2D eigenvalue weighted by Gasteiger charge is -2.05. The minimum atomic E-state index is -0.262. The summed E-state index contributed by atoms with van der Waals surface area (Å²) in [5, 5.41) is 0. The molecular formula is C13H9BrClFN2S. The van der Waals surface area contributed by atoms with E-state index in [1.54, 1.807) is 17.4 Å². The van der Waals surface area contributed by atoms with Crippen molar-refractivity contribution < 1.29 is 4.39 Å². The number of hydrogen-bond acceptors (Lipinski definition) is 2. The molecule has 2 aromatic heterocycles. The van der Waals surface area contributed by atoms with Crippen molar-refractivity contribution >= 4 is 49.9 Å². The summed E-state index contributed by atoms with van der Waals surface area (Å²) in [4.78, 5) is 5.60. The van der Waals surface area contributed by atoms with Gasteiger partial charge in [0.05, 0.1) is 27.2 Å². The fourth-order valence-electron chi connectivity index (χ4n) is 2.02. The predicted molar refractivity (Wildman–Crippen MR) is 80.4 cm³/mol. The third-order valence-electron chi connectivity index (χ3n) is 2.85. The number of alkyl halides is 1. The Hall–Kier alpha value is -0.910. The molecule has 0 saturated carbocycles. The van der Waals surface area contributed by atoms with E-state index < -0.39 is 0 Å². The summed E-state index contributed by atoms with van der Waals surface area (Å²) in [7, 11) is 0. The van der Waals surface area contributed by atoms with Gasteiger partial charge in [-0.3, -0.25) is 0 Å². The largest absolute Gasteiger partial charge is 0.322 e. The van der Waals surface area contributed by atoms with Crippen molar-refractivity contribution in [2.24, 2.45) is 0 Å². The second-order valence-electron chi connectivity index (χ2n) is 4.09. The smallest absolute Gasteiger partial charge is 0.125 e. The summed E-state index contributed by atoms with van der Waals surface area (Å²) in [6.07, 6.45) is 0. The number of aromatic nitrogens is 2. The van der Waals surface area contributed by atoms with Gasteiger partial charge in [0.1, 0.15) is 11.6 Å². The third-order valence-corrected chi connectivity index (χ3v) is 4.70. The first-order chi connectivity index (χ1) is 9.17. The molecule has 0 aliphatic rings. The van der Waals surface area contributed by atoms with Crippen LogP contribution in [-0.2, 0) is 12.4 Å². The molecule has 0 fully saturated rings. The lowest BCUT2D eigenvalue weighted by atomic mass is 10.3. The molecule has 98 valence electrons. The standard InChI is InChI=1S/C13H9BrClFN2S/c14-12-4-2-9(19-12)7-18-11-5-8(16)1-3-10(11)17-13(18)6-15/h1-5H,6-7H2. The molecule has 3 rings (SSSR count). The van der Waals surface area contributed by atoms with E-state index in [1.807, 2.05) is 16.7 Å². The molecule has 0 aliphatic heterocycles. The van der Waals surface area contributed by atoms with Gasteiger partial charge in [-0.15, -0.1) is 22.9 Å². The fourth-order valence-corrected chi connectivity index (χ4v) is 3.69. The van der Waals surface area contributed by atoms with E-state index in [0.29, 0.717) is 12.4 Å². The predicted octanol–water partition coefficient (Wildman–Crippen LogP) is 4.79. The second kappa shape index (κ2) is 5.23. The van der Waals surface area contributed by atoms with Gasteiger partial charge in [-0.25, -0.2) is 9.37 Å². The van der Waals surface area contributed by atoms with Crippen LogP contribution in [0.5, 0.6) is 0 Å². The first kappa shape index (κ1) is 13.1. The molecule has 0 atom stereocenters. The SMILES string of the molecule is Fc1ccc2nc(CCl)n(Cc3ccc(Br)s3)c2c1. The van der Waals surface area contributed by atoms with Crippen molar-refractivity contribution in [1.82, 2.24) is 9.55 Å². The molecule has 0 saturated heterocycles. The Balaban J connectivity index is 2.12. The Labute approximate surface area is 127 Å². The summed E-state index contributed by atoms with van der Waals surface area (Å²) in [6.45, 7) is 0.651. The Kier molecular flexibility index (Phi) is 3.60. The highest BCUT2D eigenvalue weighted by atomic mass is 79.9. The summed E-state index contributed by atoms with van der Waals surface area (Å²) in [5.41, 5.74) is 1.55. The van der Waals surface area contributed by atoms with E-state index in [0.717, 1.165) is 20.6 Å². The van der Waals surface area contributed by atoms with Gasteiger partial charge in [-0.2, -0.15) is 0 Å². The van der Waals surface area contributed by atoms with Crippen molar-refractivity contribution in [3.63, 3.8) is 0 Å². The minimum absolute atomic E-state index is 0.262. The van der Waals surface area contributed by atoms with E-state index in [9.17, 15) is 4.39 Å². The molecule has 0 unspecified atom stereocenters. The maximum Gasteiger partial charge on any atom is 0.125 e. The van der Waals surface area contributed by atoms with Crippen LogP contribution in [0, 0.1) is 5.82 Å². The average Bonchev–Trinajstić information content (AvgIpc) is 2.94. The van der Waals surface area contributed by atoms with Gasteiger partial charge >= 0.3 is 0 Å². The van der Waals surface area contributed by atoms with Crippen molar-refractivity contribution in [1.29, 1.82) is 0 Å². The maximum atomic E-state index is 13.4. The highest BCUT2D eigenvalue weighted by molar-refractivity contribution is 9.11. The maximum absolute atomic E-state index is 13.4. The third kappa shape index (κ3) is 2.55. The van der Waals surface area contributed by atoms with Crippen LogP contribution in [-0.4, -0.2) is 9.55 Å². The lowest BCUT2D eigenvalue weighted by molar-refractivity contribution is 0.628. The van der Waals surface area contributed by atoms with Crippen molar-refractivity contribution in [3.05, 3.63) is 50.6 Å². The number of benzene rings is 1. The van der Waals surface area contributed by atoms with Crippen molar-refractivity contribution in [3.8, 4) is 0 Å². The minimum Gasteiger partial charge on any atom is -0.322 e. The van der Waals surface area contributed by atoms with Crippen LogP contribution < -0.4 is 0 Å². The van der Waals surface area contributed by atoms with Crippen LogP contribution in [0.1, 0.15) is 10.7 Å². The van der Waals surface area contributed by atoms with Gasteiger partial charge in [0.25, 0.3) is 0 Å². The lowest BCUT2D eigenvalue weighted by Crippen LogP contribution is -2.02. The molecule has 0 bridgehead atoms. The van der Waals surface area contributed by atoms with Crippen LogP contribution in [0.4, 0.5) is 4.39 Å². The van der Waals surface area contributed by atoms with Gasteiger partial charge < -0.3 is 4.57 Å². The molecule has 6 heteroatoms. The molecule has 19 heavy (non-hydrogen) atoms. The zero-order valence-corrected chi connectivity index (χ0v) is 12.9. The monoisotopic (exact) mass is 358 g/mol. The number of fused-ring (bicyclic) bond motifs is 1. The number of nitrogens with zero attached hydrogens (tertiary/aromatic N) is 2. The van der Waals surface area contributed by atoms with E-state index in [1.165, 1.54) is 17.0 Å². The molecule has 0 aliphatic carbocycles. The van der Waals surface area contributed by atoms with Crippen molar-refractivity contribution in [2.75, 3.05) is 0 Å². The number of thiophene rings is 1. The fraction of sp³-hybridized carbons (Fsp3) is 0.154. The zero-order valence-electron chi connectivity index (χ0n) is 9.74. The van der Waals surface area contributed by atoms with Crippen LogP contribution in [0.15, 0.2) is 34.1 Å². The summed E-state index contributed by atoms with van der Waals surface area (Å²) < 4.78 is 16.4. The summed E-state index contributed by atoms with van der Waals surface area (Å²) >= 11 is 11.0. The Morgan fingerprint density at radius 1 is 1.32 bits per heavy atom. The molecule has 0 amide bonds. The topological polar surface area (TPSA) is 17.8 Å². The van der Waals surface area contributed by atoms with E-state index in [2.05, 4.69) is 20.9 Å². The molecule has 1 aromatic carbocycles. The average molecular weight is 360 g/mol. The first-order valence-corrected chi connectivity index (χ1v) is 7.76. The van der Waals surface area contributed by atoms with Gasteiger partial charge in [-0.05, 0) is 46.3 Å². The molecule has 2 nitrogen and oxygen atoms in total. The molecule has 3 aromatic rings. The quantitative estimate of drug-likeness (QED) is 0.615. The highest BCUT2D eigenvalue weighted by Gasteiger charge is 2.12. The van der Waals surface area contributed by atoms with E-state index in [4.69, 9.17) is 11.6 Å². The van der Waals surface area contributed by atoms with Crippen LogP contribution in [0.2, 0.25) is 0 Å². The molecule has 0 spiro atoms. The summed E-state index contributed by atoms with van der Waals surface area (Å²) in [5.74, 6) is 0.803. The number of hydrogen-bond donors (Lipinski definition) is 0. The number of imidazole rings is 1. The van der Waals surface area contributed by atoms with Crippen LogP contribution >= 0.6 is 38.9 Å². The van der Waals surface area contributed by atoms with Crippen molar-refractivity contribution in [2.45, 2.75) is 12.4 Å². The summed E-state index contributed by atoms with van der Waals surface area (Å²) in [6, 6.07) is 8.64. The highest BCUT2D eigenvalue weighted by Crippen LogP contribution is 2.26. The Bertz CT molecular complexity index is 737. The molecular weight excluding hydrogens is 351 g/mol.